The van der Waals surface area contributed by atoms with Gasteiger partial charge in [0.1, 0.15) is 0 Å². The molecule has 1 saturated heterocycles. The summed E-state index contributed by atoms with van der Waals surface area (Å²) in [4.78, 5) is 29.9. The van der Waals surface area contributed by atoms with Crippen molar-refractivity contribution >= 4 is 44.4 Å². The molecule has 1 aromatic heterocycles. The normalized spacial score (nSPS) is 14.6. The van der Waals surface area contributed by atoms with Gasteiger partial charge in [-0.25, -0.2) is 13.4 Å². The van der Waals surface area contributed by atoms with Gasteiger partial charge in [-0.1, -0.05) is 23.7 Å². The smallest absolute Gasteiger partial charge is 0.271 e. The number of hydrogen-bond donors (Lipinski definition) is 2. The first-order valence-electron chi connectivity index (χ1n) is 10.2. The number of carbonyl (C=O) groups is 1. The van der Waals surface area contributed by atoms with E-state index in [0.717, 1.165) is 12.8 Å². The molecule has 2 N–H and O–H groups in total. The number of halogens is 1. The zero-order chi connectivity index (χ0) is 22.9. The van der Waals surface area contributed by atoms with Gasteiger partial charge < -0.3 is 0 Å². The number of sulfonamides is 1. The van der Waals surface area contributed by atoms with Crippen molar-refractivity contribution in [3.8, 4) is 0 Å². The van der Waals surface area contributed by atoms with Crippen LogP contribution in [0.3, 0.4) is 0 Å². The summed E-state index contributed by atoms with van der Waals surface area (Å²) in [6, 6.07) is 10.9. The van der Waals surface area contributed by atoms with Crippen LogP contribution in [0.25, 0.3) is 10.9 Å². The number of hydrogen-bond acceptors (Lipinski definition) is 6. The van der Waals surface area contributed by atoms with Gasteiger partial charge in [-0.15, -0.1) is 0 Å². The first-order chi connectivity index (χ1) is 15.3. The van der Waals surface area contributed by atoms with Gasteiger partial charge in [0.05, 0.1) is 26.4 Å². The average molecular weight is 476 g/mol. The Balaban J connectivity index is 1.61. The Morgan fingerprint density at radius 3 is 2.59 bits per heavy atom. The molecule has 9 nitrogen and oxygen atoms in total. The number of para-hydroxylation sites is 1. The lowest BCUT2D eigenvalue weighted by Gasteiger charge is -2.17. The summed E-state index contributed by atoms with van der Waals surface area (Å²) in [5.41, 5.74) is 5.37. The van der Waals surface area contributed by atoms with Gasteiger partial charge in [-0.05, 0) is 50.1 Å². The van der Waals surface area contributed by atoms with E-state index in [4.69, 9.17) is 11.6 Å². The van der Waals surface area contributed by atoms with Gasteiger partial charge in [-0.3, -0.25) is 25.0 Å². The minimum Gasteiger partial charge on any atom is -0.277 e. The van der Waals surface area contributed by atoms with Crippen molar-refractivity contribution in [1.29, 1.82) is 0 Å². The average Bonchev–Trinajstić information content (AvgIpc) is 3.34. The van der Waals surface area contributed by atoms with Crippen molar-refractivity contribution in [3.05, 3.63) is 63.4 Å². The molecular weight excluding hydrogens is 454 g/mol. The van der Waals surface area contributed by atoms with Crippen LogP contribution in [0.2, 0.25) is 5.02 Å². The second-order valence-electron chi connectivity index (χ2n) is 7.33. The summed E-state index contributed by atoms with van der Waals surface area (Å²) in [6.07, 6.45) is 1.62. The minimum atomic E-state index is -3.70. The van der Waals surface area contributed by atoms with E-state index in [1.807, 2.05) is 0 Å². The van der Waals surface area contributed by atoms with Gasteiger partial charge in [0.15, 0.2) is 0 Å². The third-order valence-electron chi connectivity index (χ3n) is 5.35. The quantitative estimate of drug-likeness (QED) is 0.530. The van der Waals surface area contributed by atoms with Crippen molar-refractivity contribution < 1.29 is 13.2 Å². The Morgan fingerprint density at radius 1 is 1.16 bits per heavy atom. The maximum absolute atomic E-state index is 12.8. The van der Waals surface area contributed by atoms with E-state index >= 15 is 0 Å². The van der Waals surface area contributed by atoms with Gasteiger partial charge in [0, 0.05) is 19.6 Å². The first kappa shape index (κ1) is 22.3. The molecule has 2 aromatic carbocycles. The summed E-state index contributed by atoms with van der Waals surface area (Å²) in [5.74, 6) is -0.500. The van der Waals surface area contributed by atoms with Crippen LogP contribution in [-0.2, 0) is 16.6 Å². The molecule has 0 atom stereocenters. The van der Waals surface area contributed by atoms with Crippen LogP contribution >= 0.6 is 11.6 Å². The van der Waals surface area contributed by atoms with Crippen LogP contribution in [-0.4, -0.2) is 41.3 Å². The number of fused-ring (bicyclic) bond motifs is 1. The fraction of sp³-hybridized carbons (Fsp3) is 0.286. The summed E-state index contributed by atoms with van der Waals surface area (Å²) in [7, 11) is -3.70. The number of benzene rings is 2. The number of nitrogens with one attached hydrogen (secondary N) is 2. The molecule has 1 aliphatic rings. The molecule has 32 heavy (non-hydrogen) atoms. The largest absolute Gasteiger partial charge is 0.277 e. The van der Waals surface area contributed by atoms with Crippen molar-refractivity contribution in [1.82, 2.24) is 19.3 Å². The molecule has 1 aliphatic heterocycles. The van der Waals surface area contributed by atoms with Crippen LogP contribution < -0.4 is 16.4 Å². The summed E-state index contributed by atoms with van der Waals surface area (Å²) >= 11 is 6.18. The molecule has 0 saturated carbocycles. The highest BCUT2D eigenvalue weighted by atomic mass is 35.5. The van der Waals surface area contributed by atoms with E-state index in [1.165, 1.54) is 27.1 Å². The SMILES string of the molecule is CCn1c(NNC(=O)c2cc(S(=O)(=O)N3CCCC3)ccc2Cl)nc2ccccc2c1=O. The number of carbonyl (C=O) groups excluding carboxylic acids is 1. The summed E-state index contributed by atoms with van der Waals surface area (Å²) in [5, 5.41) is 0.568. The molecule has 168 valence electrons. The monoisotopic (exact) mass is 475 g/mol. The maximum atomic E-state index is 12.8. The van der Waals surface area contributed by atoms with Crippen LogP contribution in [0, 0.1) is 0 Å². The first-order valence-corrected chi connectivity index (χ1v) is 12.0. The number of aromatic nitrogens is 2. The van der Waals surface area contributed by atoms with Crippen LogP contribution in [0.4, 0.5) is 5.95 Å². The molecular formula is C21H22ClN5O4S. The number of anilines is 1. The molecule has 0 aliphatic carbocycles. The van der Waals surface area contributed by atoms with Gasteiger partial charge in [0.25, 0.3) is 11.5 Å². The molecule has 4 rings (SSSR count). The second-order valence-corrected chi connectivity index (χ2v) is 9.68. The fourth-order valence-electron chi connectivity index (χ4n) is 3.65. The third-order valence-corrected chi connectivity index (χ3v) is 7.58. The molecule has 0 spiro atoms. The molecule has 2 heterocycles. The zero-order valence-corrected chi connectivity index (χ0v) is 18.9. The number of amides is 1. The molecule has 0 unspecified atom stereocenters. The Hall–Kier alpha value is -2.95. The van der Waals surface area contributed by atoms with E-state index in [-0.39, 0.29) is 27.0 Å². The predicted molar refractivity (Wildman–Crippen MR) is 122 cm³/mol. The minimum absolute atomic E-state index is 0.00301. The van der Waals surface area contributed by atoms with E-state index < -0.39 is 15.9 Å². The molecule has 0 bridgehead atoms. The topological polar surface area (TPSA) is 113 Å². The molecule has 1 amide bonds. The maximum Gasteiger partial charge on any atom is 0.271 e. The van der Waals surface area contributed by atoms with Crippen molar-refractivity contribution in [3.63, 3.8) is 0 Å². The van der Waals surface area contributed by atoms with Crippen molar-refractivity contribution in [2.45, 2.75) is 31.2 Å². The molecule has 0 radical (unpaired) electrons. The lowest BCUT2D eigenvalue weighted by molar-refractivity contribution is 0.0962. The highest BCUT2D eigenvalue weighted by Crippen LogP contribution is 2.25. The molecule has 11 heteroatoms. The summed E-state index contributed by atoms with van der Waals surface area (Å²) < 4.78 is 28.5. The Morgan fingerprint density at radius 2 is 1.88 bits per heavy atom. The number of nitrogens with zero attached hydrogens (tertiary/aromatic N) is 3. The highest BCUT2D eigenvalue weighted by Gasteiger charge is 2.28. The lowest BCUT2D eigenvalue weighted by Crippen LogP contribution is -2.34. The second kappa shape index (κ2) is 8.89. The number of rotatable bonds is 6. The Labute approximate surface area is 190 Å². The standard InChI is InChI=1S/C21H22ClN5O4S/c1-2-27-20(29)15-7-3-4-8-18(15)23-21(27)25-24-19(28)16-13-14(9-10-17(16)22)32(30,31)26-11-5-6-12-26/h3-4,7-10,13H,2,5-6,11-12H2,1H3,(H,23,25)(H,24,28). The highest BCUT2D eigenvalue weighted by molar-refractivity contribution is 7.89. The lowest BCUT2D eigenvalue weighted by atomic mass is 10.2. The Bertz CT molecular complexity index is 1350. The van der Waals surface area contributed by atoms with Crippen molar-refractivity contribution in [2.75, 3.05) is 18.5 Å². The van der Waals surface area contributed by atoms with Crippen LogP contribution in [0.1, 0.15) is 30.1 Å². The van der Waals surface area contributed by atoms with E-state index in [1.54, 1.807) is 31.2 Å². The third kappa shape index (κ3) is 4.08. The molecule has 3 aromatic rings. The van der Waals surface area contributed by atoms with Gasteiger partial charge in [0.2, 0.25) is 16.0 Å². The van der Waals surface area contributed by atoms with Crippen LogP contribution in [0.5, 0.6) is 0 Å². The predicted octanol–water partition coefficient (Wildman–Crippen LogP) is 2.61. The van der Waals surface area contributed by atoms with E-state index in [2.05, 4.69) is 15.8 Å². The van der Waals surface area contributed by atoms with E-state index in [9.17, 15) is 18.0 Å². The van der Waals surface area contributed by atoms with E-state index in [0.29, 0.717) is 30.5 Å². The van der Waals surface area contributed by atoms with Crippen molar-refractivity contribution in [2.24, 2.45) is 0 Å². The number of hydrazine groups is 1. The zero-order valence-electron chi connectivity index (χ0n) is 17.3. The molecule has 1 fully saturated rings. The Kier molecular flexibility index (Phi) is 6.18. The van der Waals surface area contributed by atoms with Crippen LogP contribution in [0.15, 0.2) is 52.2 Å². The van der Waals surface area contributed by atoms with Gasteiger partial charge in [-0.2, -0.15) is 4.31 Å². The summed E-state index contributed by atoms with van der Waals surface area (Å²) in [6.45, 7) is 3.03. The van der Waals surface area contributed by atoms with Gasteiger partial charge >= 0.3 is 0 Å². The fourth-order valence-corrected chi connectivity index (χ4v) is 5.40.